The number of nitrogens with one attached hydrogen (secondary N) is 1. The summed E-state index contributed by atoms with van der Waals surface area (Å²) in [6.07, 6.45) is 0. The number of hydrogen-bond acceptors (Lipinski definition) is 4. The molecule has 3 aromatic carbocycles. The molecule has 0 amide bonds. The second-order valence-corrected chi connectivity index (χ2v) is 8.56. The van der Waals surface area contributed by atoms with Crippen molar-refractivity contribution in [3.63, 3.8) is 0 Å². The zero-order chi connectivity index (χ0) is 21.0. The van der Waals surface area contributed by atoms with Gasteiger partial charge in [0.15, 0.2) is 0 Å². The van der Waals surface area contributed by atoms with Crippen LogP contribution in [0, 0.1) is 0 Å². The Balaban J connectivity index is 1.68. The molecule has 7 heteroatoms. The van der Waals surface area contributed by atoms with E-state index in [9.17, 15) is 8.42 Å². The molecule has 0 unspecified atom stereocenters. The van der Waals surface area contributed by atoms with Gasteiger partial charge in [-0.15, -0.1) is 0 Å². The minimum Gasteiger partial charge on any atom is -0.369 e. The first-order valence-electron chi connectivity index (χ1n) is 9.51. The lowest BCUT2D eigenvalue weighted by Gasteiger charge is -2.17. The molecule has 0 saturated carbocycles. The molecule has 0 aliphatic heterocycles. The van der Waals surface area contributed by atoms with E-state index in [0.717, 1.165) is 16.9 Å². The van der Waals surface area contributed by atoms with Crippen molar-refractivity contribution in [2.24, 2.45) is 0 Å². The third kappa shape index (κ3) is 4.36. The van der Waals surface area contributed by atoms with Gasteiger partial charge in [-0.2, -0.15) is 23.1 Å². The van der Waals surface area contributed by atoms with E-state index in [4.69, 9.17) is 0 Å². The molecule has 30 heavy (non-hydrogen) atoms. The number of nitrogens with zero attached hydrogens (tertiary/aromatic N) is 3. The van der Waals surface area contributed by atoms with E-state index in [-0.39, 0.29) is 4.90 Å². The van der Waals surface area contributed by atoms with Gasteiger partial charge in [0.1, 0.15) is 0 Å². The summed E-state index contributed by atoms with van der Waals surface area (Å²) in [5.74, 6) is 0. The molecule has 1 heterocycles. The summed E-state index contributed by atoms with van der Waals surface area (Å²) in [4.78, 5) is 6.18. The van der Waals surface area contributed by atoms with Crippen molar-refractivity contribution in [2.75, 3.05) is 16.8 Å². The molecule has 0 spiro atoms. The summed E-state index contributed by atoms with van der Waals surface area (Å²) in [6.45, 7) is 0.532. The highest BCUT2D eigenvalue weighted by Crippen LogP contribution is 2.22. The van der Waals surface area contributed by atoms with Crippen molar-refractivity contribution in [1.29, 1.82) is 0 Å². The van der Waals surface area contributed by atoms with Gasteiger partial charge in [0.25, 0.3) is 10.0 Å². The number of sulfonamides is 1. The Kier molecular flexibility index (Phi) is 5.54. The Bertz CT molecular complexity index is 1210. The predicted molar refractivity (Wildman–Crippen MR) is 119 cm³/mol. The lowest BCUT2D eigenvalue weighted by atomic mass is 10.1. The van der Waals surface area contributed by atoms with Crippen LogP contribution in [0.3, 0.4) is 0 Å². The quantitative estimate of drug-likeness (QED) is 0.490. The molecule has 0 aliphatic carbocycles. The minimum absolute atomic E-state index is 0.183. The van der Waals surface area contributed by atoms with Crippen molar-refractivity contribution in [3.05, 3.63) is 103 Å². The van der Waals surface area contributed by atoms with Crippen LogP contribution in [0.1, 0.15) is 5.69 Å². The molecular formula is C23H22N4O2S. The highest BCUT2D eigenvalue weighted by molar-refractivity contribution is 7.92. The third-order valence-electron chi connectivity index (χ3n) is 4.69. The summed E-state index contributed by atoms with van der Waals surface area (Å²) >= 11 is 0. The fraction of sp³-hybridized carbons (Fsp3) is 0.0870. The number of anilines is 1. The average molecular weight is 419 g/mol. The summed E-state index contributed by atoms with van der Waals surface area (Å²) in [6, 6.07) is 29.7. The highest BCUT2D eigenvalue weighted by Gasteiger charge is 2.18. The SMILES string of the molecule is CN(Cc1cc(-c2ccccc2)n(NS(=O)(=O)c2ccccc2)n1)c1ccccc1. The largest absolute Gasteiger partial charge is 0.369 e. The maximum Gasteiger partial charge on any atom is 0.276 e. The summed E-state index contributed by atoms with van der Waals surface area (Å²) < 4.78 is 25.7. The Morgan fingerprint density at radius 1 is 0.867 bits per heavy atom. The number of benzene rings is 3. The molecule has 6 nitrogen and oxygen atoms in total. The van der Waals surface area contributed by atoms with Gasteiger partial charge in [0.05, 0.1) is 22.8 Å². The number of aromatic nitrogens is 2. The first-order chi connectivity index (χ1) is 14.5. The normalized spacial score (nSPS) is 11.2. The average Bonchev–Trinajstić information content (AvgIpc) is 3.17. The van der Waals surface area contributed by atoms with Crippen LogP contribution in [-0.4, -0.2) is 25.4 Å². The monoisotopic (exact) mass is 418 g/mol. The van der Waals surface area contributed by atoms with Crippen molar-refractivity contribution >= 4 is 15.7 Å². The van der Waals surface area contributed by atoms with E-state index < -0.39 is 10.0 Å². The molecule has 1 aromatic heterocycles. The van der Waals surface area contributed by atoms with E-state index in [1.165, 1.54) is 4.79 Å². The first kappa shape index (κ1) is 19.7. The molecule has 0 aliphatic rings. The fourth-order valence-corrected chi connectivity index (χ4v) is 4.16. The van der Waals surface area contributed by atoms with Crippen LogP contribution < -0.4 is 9.73 Å². The van der Waals surface area contributed by atoms with Gasteiger partial charge in [0.2, 0.25) is 0 Å². The van der Waals surface area contributed by atoms with Crippen molar-refractivity contribution < 1.29 is 8.42 Å². The van der Waals surface area contributed by atoms with E-state index in [1.807, 2.05) is 73.8 Å². The van der Waals surface area contributed by atoms with Gasteiger partial charge in [-0.05, 0) is 30.3 Å². The third-order valence-corrected chi connectivity index (χ3v) is 5.99. The molecule has 152 valence electrons. The molecule has 0 saturated heterocycles. The van der Waals surface area contributed by atoms with E-state index in [1.54, 1.807) is 30.3 Å². The lowest BCUT2D eigenvalue weighted by molar-refractivity contribution is 0.591. The lowest BCUT2D eigenvalue weighted by Crippen LogP contribution is -2.25. The Hall–Kier alpha value is -3.58. The standard InChI is InChI=1S/C23H22N4O2S/c1-26(21-13-7-3-8-14-21)18-20-17-23(19-11-5-2-6-12-19)27(24-20)25-30(28,29)22-15-9-4-10-16-22/h2-17,25H,18H2,1H3. The molecule has 0 atom stereocenters. The Morgan fingerprint density at radius 2 is 1.43 bits per heavy atom. The van der Waals surface area contributed by atoms with Crippen LogP contribution in [0.4, 0.5) is 5.69 Å². The molecule has 4 aromatic rings. The number of para-hydroxylation sites is 1. The van der Waals surface area contributed by atoms with Crippen molar-refractivity contribution in [2.45, 2.75) is 11.4 Å². The predicted octanol–water partition coefficient (Wildman–Crippen LogP) is 4.12. The summed E-state index contributed by atoms with van der Waals surface area (Å²) in [5, 5.41) is 4.55. The van der Waals surface area contributed by atoms with Crippen LogP contribution >= 0.6 is 0 Å². The Labute approximate surface area is 176 Å². The molecular weight excluding hydrogens is 396 g/mol. The maximum absolute atomic E-state index is 12.9. The second-order valence-electron chi connectivity index (χ2n) is 6.90. The van der Waals surface area contributed by atoms with E-state index in [0.29, 0.717) is 12.2 Å². The number of hydrogen-bond donors (Lipinski definition) is 1. The van der Waals surface area contributed by atoms with Crippen molar-refractivity contribution in [1.82, 2.24) is 9.89 Å². The maximum atomic E-state index is 12.9. The van der Waals surface area contributed by atoms with Crippen LogP contribution in [0.15, 0.2) is 102 Å². The number of rotatable bonds is 7. The van der Waals surface area contributed by atoms with E-state index in [2.05, 4.69) is 14.8 Å². The van der Waals surface area contributed by atoms with Crippen LogP contribution in [0.5, 0.6) is 0 Å². The topological polar surface area (TPSA) is 67.2 Å². The van der Waals surface area contributed by atoms with Crippen molar-refractivity contribution in [3.8, 4) is 11.3 Å². The zero-order valence-corrected chi connectivity index (χ0v) is 17.3. The summed E-state index contributed by atoms with van der Waals surface area (Å²) in [7, 11) is -1.80. The zero-order valence-electron chi connectivity index (χ0n) is 16.5. The minimum atomic E-state index is -3.77. The highest BCUT2D eigenvalue weighted by atomic mass is 32.2. The molecule has 0 fully saturated rings. The molecule has 4 rings (SSSR count). The van der Waals surface area contributed by atoms with Gasteiger partial charge in [-0.25, -0.2) is 0 Å². The second kappa shape index (κ2) is 8.42. The van der Waals surface area contributed by atoms with Gasteiger partial charge in [-0.3, -0.25) is 0 Å². The van der Waals surface area contributed by atoms with Crippen LogP contribution in [0.2, 0.25) is 0 Å². The fourth-order valence-electron chi connectivity index (χ4n) is 3.17. The van der Waals surface area contributed by atoms with Gasteiger partial charge in [-0.1, -0.05) is 66.7 Å². The summed E-state index contributed by atoms with van der Waals surface area (Å²) in [5.41, 5.74) is 3.34. The Morgan fingerprint density at radius 3 is 2.07 bits per heavy atom. The smallest absolute Gasteiger partial charge is 0.276 e. The van der Waals surface area contributed by atoms with Crippen LogP contribution in [0.25, 0.3) is 11.3 Å². The van der Waals surface area contributed by atoms with Gasteiger partial charge in [0, 0.05) is 18.3 Å². The van der Waals surface area contributed by atoms with Gasteiger partial charge < -0.3 is 4.90 Å². The molecule has 0 bridgehead atoms. The van der Waals surface area contributed by atoms with Gasteiger partial charge >= 0.3 is 0 Å². The van der Waals surface area contributed by atoms with Crippen LogP contribution in [-0.2, 0) is 16.6 Å². The van der Waals surface area contributed by atoms with E-state index >= 15 is 0 Å². The molecule has 0 radical (unpaired) electrons. The first-order valence-corrected chi connectivity index (χ1v) is 11.0. The molecule has 1 N–H and O–H groups in total.